The van der Waals surface area contributed by atoms with Gasteiger partial charge in [-0.25, -0.2) is 0 Å². The third-order valence-electron chi connectivity index (χ3n) is 6.37. The number of hydrogen-bond donors (Lipinski definition) is 1. The van der Waals surface area contributed by atoms with Gasteiger partial charge < -0.3 is 5.73 Å². The van der Waals surface area contributed by atoms with Crippen LogP contribution in [-0.4, -0.2) is 23.7 Å². The third-order valence-corrected chi connectivity index (χ3v) is 6.37. The van der Waals surface area contributed by atoms with Gasteiger partial charge in [0, 0.05) is 18.8 Å². The maximum Gasteiger partial charge on any atom is 0.0460 e. The molecule has 5 aliphatic rings. The van der Waals surface area contributed by atoms with E-state index in [1.54, 1.807) is 6.42 Å². The normalized spacial score (nSPS) is 55.3. The van der Waals surface area contributed by atoms with Crippen molar-refractivity contribution >= 4 is 0 Å². The summed E-state index contributed by atoms with van der Waals surface area (Å²) in [4.78, 5) is 2.67. The third kappa shape index (κ3) is 1.06. The quantitative estimate of drug-likeness (QED) is 0.734. The lowest BCUT2D eigenvalue weighted by molar-refractivity contribution is -0.118. The first kappa shape index (κ1) is 9.90. The summed E-state index contributed by atoms with van der Waals surface area (Å²) in [6, 6.07) is 0. The Balaban J connectivity index is 1.73. The molecule has 90 valence electrons. The first-order chi connectivity index (χ1) is 7.83. The molecule has 1 heterocycles. The van der Waals surface area contributed by atoms with E-state index in [0.717, 1.165) is 30.3 Å². The van der Waals surface area contributed by atoms with Crippen molar-refractivity contribution in [3.63, 3.8) is 0 Å². The summed E-state index contributed by atoms with van der Waals surface area (Å²) in [5.41, 5.74) is 6.59. The average molecular weight is 220 g/mol. The maximum absolute atomic E-state index is 6.01. The van der Waals surface area contributed by atoms with Crippen LogP contribution < -0.4 is 5.73 Å². The molecule has 0 atom stereocenters. The van der Waals surface area contributed by atoms with Crippen LogP contribution in [-0.2, 0) is 0 Å². The molecule has 2 N–H and O–H groups in total. The van der Waals surface area contributed by atoms with Gasteiger partial charge in [0.05, 0.1) is 0 Å². The second-order valence-corrected chi connectivity index (χ2v) is 6.85. The van der Waals surface area contributed by atoms with Crippen molar-refractivity contribution in [2.75, 3.05) is 13.2 Å². The van der Waals surface area contributed by atoms with Crippen LogP contribution in [0.2, 0.25) is 0 Å². The standard InChI is InChI=1S/C14H24N2/c15-9-16-3-1-2-14(16)12-5-10-4-11(7-12)8-13(14)6-10/h10-13H,1-9,15H2. The van der Waals surface area contributed by atoms with E-state index < -0.39 is 0 Å². The molecule has 5 rings (SSSR count). The SMILES string of the molecule is NCN1CCCC12C1CC3CC(C1)CC2C3. The van der Waals surface area contributed by atoms with E-state index in [2.05, 4.69) is 4.90 Å². The van der Waals surface area contributed by atoms with Crippen LogP contribution in [0.3, 0.4) is 0 Å². The number of likely N-dealkylation sites (tertiary alicyclic amines) is 1. The zero-order valence-corrected chi connectivity index (χ0v) is 10.2. The Morgan fingerprint density at radius 3 is 2.19 bits per heavy atom. The molecule has 0 aromatic rings. The second kappa shape index (κ2) is 3.23. The summed E-state index contributed by atoms with van der Waals surface area (Å²) in [6.07, 6.45) is 10.5. The van der Waals surface area contributed by atoms with Crippen LogP contribution in [0.1, 0.15) is 44.9 Å². The largest absolute Gasteiger partial charge is 0.318 e. The van der Waals surface area contributed by atoms with Gasteiger partial charge in [0.25, 0.3) is 0 Å². The van der Waals surface area contributed by atoms with Gasteiger partial charge in [0.1, 0.15) is 0 Å². The molecule has 1 aliphatic heterocycles. The van der Waals surface area contributed by atoms with Crippen molar-refractivity contribution in [1.82, 2.24) is 4.90 Å². The van der Waals surface area contributed by atoms with Gasteiger partial charge in [-0.15, -0.1) is 0 Å². The lowest BCUT2D eigenvalue weighted by atomic mass is 9.48. The van der Waals surface area contributed by atoms with E-state index in [9.17, 15) is 0 Å². The van der Waals surface area contributed by atoms with Crippen LogP contribution in [0, 0.1) is 23.7 Å². The molecule has 0 amide bonds. The molecule has 4 bridgehead atoms. The second-order valence-electron chi connectivity index (χ2n) is 6.85. The van der Waals surface area contributed by atoms with Gasteiger partial charge in [0.15, 0.2) is 0 Å². The summed E-state index contributed by atoms with van der Waals surface area (Å²) in [6.45, 7) is 2.08. The first-order valence-corrected chi connectivity index (χ1v) is 7.28. The van der Waals surface area contributed by atoms with E-state index in [1.807, 2.05) is 0 Å². The van der Waals surface area contributed by atoms with Crippen LogP contribution in [0.5, 0.6) is 0 Å². The molecule has 4 aliphatic carbocycles. The van der Waals surface area contributed by atoms with Gasteiger partial charge in [-0.1, -0.05) is 0 Å². The van der Waals surface area contributed by atoms with Crippen molar-refractivity contribution in [1.29, 1.82) is 0 Å². The average Bonchev–Trinajstić information content (AvgIpc) is 2.69. The monoisotopic (exact) mass is 220 g/mol. The molecule has 0 unspecified atom stereocenters. The summed E-state index contributed by atoms with van der Waals surface area (Å²) in [7, 11) is 0. The molecule has 4 saturated carbocycles. The number of hydrogen-bond acceptors (Lipinski definition) is 2. The van der Waals surface area contributed by atoms with Gasteiger partial charge in [-0.05, 0) is 68.6 Å². The molecule has 0 aromatic carbocycles. The molecule has 0 radical (unpaired) electrons. The highest BCUT2D eigenvalue weighted by Gasteiger charge is 2.60. The summed E-state index contributed by atoms with van der Waals surface area (Å²) in [5, 5.41) is 0. The summed E-state index contributed by atoms with van der Waals surface area (Å²) < 4.78 is 0. The van der Waals surface area contributed by atoms with E-state index in [4.69, 9.17) is 5.73 Å². The van der Waals surface area contributed by atoms with E-state index >= 15 is 0 Å². The van der Waals surface area contributed by atoms with E-state index in [-0.39, 0.29) is 0 Å². The van der Waals surface area contributed by atoms with Crippen LogP contribution in [0.15, 0.2) is 0 Å². The first-order valence-electron chi connectivity index (χ1n) is 7.28. The Hall–Kier alpha value is -0.0800. The van der Waals surface area contributed by atoms with Crippen LogP contribution in [0.25, 0.3) is 0 Å². The highest BCUT2D eigenvalue weighted by Crippen LogP contribution is 2.62. The number of rotatable bonds is 1. The molecule has 1 spiro atoms. The van der Waals surface area contributed by atoms with E-state index in [1.165, 1.54) is 45.1 Å². The van der Waals surface area contributed by atoms with Crippen molar-refractivity contribution < 1.29 is 0 Å². The fourth-order valence-electron chi connectivity index (χ4n) is 6.11. The predicted octanol–water partition coefficient (Wildman–Crippen LogP) is 2.19. The minimum atomic E-state index is 0.572. The minimum Gasteiger partial charge on any atom is -0.318 e. The minimum absolute atomic E-state index is 0.572. The van der Waals surface area contributed by atoms with E-state index in [0.29, 0.717) is 5.54 Å². The molecule has 1 saturated heterocycles. The molecule has 2 nitrogen and oxygen atoms in total. The Kier molecular flexibility index (Phi) is 2.00. The molecule has 2 heteroatoms. The molecule has 16 heavy (non-hydrogen) atoms. The lowest BCUT2D eigenvalue weighted by Crippen LogP contribution is -2.64. The highest BCUT2D eigenvalue weighted by molar-refractivity contribution is 5.13. The Morgan fingerprint density at radius 2 is 1.62 bits per heavy atom. The fraction of sp³-hybridized carbons (Fsp3) is 1.00. The van der Waals surface area contributed by atoms with Crippen molar-refractivity contribution in [2.24, 2.45) is 29.4 Å². The smallest absolute Gasteiger partial charge is 0.0460 e. The topological polar surface area (TPSA) is 29.3 Å². The highest BCUT2D eigenvalue weighted by atomic mass is 15.3. The fourth-order valence-corrected chi connectivity index (χ4v) is 6.11. The van der Waals surface area contributed by atoms with Crippen molar-refractivity contribution in [3.8, 4) is 0 Å². The van der Waals surface area contributed by atoms with Gasteiger partial charge >= 0.3 is 0 Å². The lowest BCUT2D eigenvalue weighted by Gasteiger charge is -2.63. The summed E-state index contributed by atoms with van der Waals surface area (Å²) in [5.74, 6) is 4.20. The van der Waals surface area contributed by atoms with Crippen molar-refractivity contribution in [3.05, 3.63) is 0 Å². The molecule has 0 aromatic heterocycles. The number of nitrogens with two attached hydrogens (primary N) is 1. The number of nitrogens with zero attached hydrogens (tertiary/aromatic N) is 1. The predicted molar refractivity (Wildman–Crippen MR) is 64.8 cm³/mol. The van der Waals surface area contributed by atoms with Gasteiger partial charge in [-0.2, -0.15) is 0 Å². The van der Waals surface area contributed by atoms with Gasteiger partial charge in [-0.3, -0.25) is 4.90 Å². The van der Waals surface area contributed by atoms with Crippen LogP contribution >= 0.6 is 0 Å². The summed E-state index contributed by atoms with van der Waals surface area (Å²) >= 11 is 0. The van der Waals surface area contributed by atoms with Crippen LogP contribution in [0.4, 0.5) is 0 Å². The van der Waals surface area contributed by atoms with Gasteiger partial charge in [0.2, 0.25) is 0 Å². The maximum atomic E-state index is 6.01. The zero-order chi connectivity index (χ0) is 10.8. The molecular weight excluding hydrogens is 196 g/mol. The molecular formula is C14H24N2. The molecule has 5 fully saturated rings. The Bertz CT molecular complexity index is 271. The van der Waals surface area contributed by atoms with Crippen molar-refractivity contribution in [2.45, 2.75) is 50.5 Å². The zero-order valence-electron chi connectivity index (χ0n) is 10.2. The Morgan fingerprint density at radius 1 is 1.00 bits per heavy atom. The Labute approximate surface area is 98.6 Å².